The Morgan fingerprint density at radius 2 is 1.46 bits per heavy atom. The van der Waals surface area contributed by atoms with Crippen LogP contribution in [0, 0.1) is 5.92 Å². The normalized spacial score (nSPS) is 23.1. The van der Waals surface area contributed by atoms with E-state index >= 15 is 0 Å². The first-order chi connectivity index (χ1) is 12.8. The molecule has 2 aromatic carbocycles. The molecule has 1 aliphatic heterocycles. The molecule has 1 saturated heterocycles. The number of benzene rings is 2. The Bertz CT molecular complexity index is 667. The number of unbranched alkanes of at least 4 members (excludes halogenated alkanes) is 4. The zero-order valence-electron chi connectivity index (χ0n) is 15.9. The third-order valence-corrected chi connectivity index (χ3v) is 5.58. The molecule has 2 heteroatoms. The van der Waals surface area contributed by atoms with Gasteiger partial charge in [-0.25, -0.2) is 0 Å². The fourth-order valence-corrected chi connectivity index (χ4v) is 4.11. The number of carbonyl (C=O) groups is 1. The van der Waals surface area contributed by atoms with Crippen LogP contribution in [-0.2, 0) is 4.79 Å². The van der Waals surface area contributed by atoms with Gasteiger partial charge in [0.25, 0.3) is 0 Å². The van der Waals surface area contributed by atoms with Crippen LogP contribution in [0.4, 0.5) is 0 Å². The summed E-state index contributed by atoms with van der Waals surface area (Å²) in [6.45, 7) is 2.24. The first-order valence-electron chi connectivity index (χ1n) is 10.2. The number of hydrogen-bond acceptors (Lipinski definition) is 2. The molecule has 1 heterocycles. The van der Waals surface area contributed by atoms with Gasteiger partial charge in [0.1, 0.15) is 5.78 Å². The maximum absolute atomic E-state index is 13.0. The lowest BCUT2D eigenvalue weighted by Crippen LogP contribution is -2.42. The molecule has 0 radical (unpaired) electrons. The molecule has 138 valence electrons. The van der Waals surface area contributed by atoms with Crippen molar-refractivity contribution in [1.82, 2.24) is 5.32 Å². The highest BCUT2D eigenvalue weighted by molar-refractivity contribution is 5.83. The van der Waals surface area contributed by atoms with Crippen LogP contribution in [0.2, 0.25) is 0 Å². The minimum absolute atomic E-state index is 0.0963. The van der Waals surface area contributed by atoms with Gasteiger partial charge < -0.3 is 5.32 Å². The molecule has 0 bridgehead atoms. The Labute approximate surface area is 158 Å². The van der Waals surface area contributed by atoms with Gasteiger partial charge in [0.2, 0.25) is 0 Å². The smallest absolute Gasteiger partial charge is 0.139 e. The molecule has 3 rings (SSSR count). The van der Waals surface area contributed by atoms with Crippen LogP contribution in [0.25, 0.3) is 0 Å². The van der Waals surface area contributed by atoms with Crippen LogP contribution in [0.15, 0.2) is 60.7 Å². The summed E-state index contributed by atoms with van der Waals surface area (Å²) in [4.78, 5) is 13.0. The first kappa shape index (κ1) is 18.8. The highest BCUT2D eigenvalue weighted by Gasteiger charge is 2.36. The lowest BCUT2D eigenvalue weighted by molar-refractivity contribution is -0.127. The van der Waals surface area contributed by atoms with E-state index in [1.165, 1.54) is 36.8 Å². The van der Waals surface area contributed by atoms with E-state index in [1.54, 1.807) is 0 Å². The summed E-state index contributed by atoms with van der Waals surface area (Å²) in [7, 11) is 0. The largest absolute Gasteiger partial charge is 0.302 e. The molecule has 3 atom stereocenters. The monoisotopic (exact) mass is 349 g/mol. The van der Waals surface area contributed by atoms with Gasteiger partial charge in [0.15, 0.2) is 0 Å². The van der Waals surface area contributed by atoms with Crippen molar-refractivity contribution in [2.75, 3.05) is 0 Å². The third kappa shape index (κ3) is 4.82. The fourth-order valence-electron chi connectivity index (χ4n) is 4.11. The van der Waals surface area contributed by atoms with Crippen molar-refractivity contribution in [2.45, 2.75) is 64.0 Å². The molecular formula is C24H31NO. The summed E-state index contributed by atoms with van der Waals surface area (Å²) in [6, 6.07) is 21.1. The minimum atomic E-state index is 0.0963. The molecule has 0 spiro atoms. The molecular weight excluding hydrogens is 318 g/mol. The highest BCUT2D eigenvalue weighted by Crippen LogP contribution is 2.37. The number of ketones is 1. The molecule has 1 N–H and O–H groups in total. The van der Waals surface area contributed by atoms with Crippen molar-refractivity contribution >= 4 is 5.78 Å². The van der Waals surface area contributed by atoms with E-state index in [1.807, 2.05) is 12.1 Å². The Kier molecular flexibility index (Phi) is 7.02. The molecule has 1 fully saturated rings. The minimum Gasteiger partial charge on any atom is -0.302 e. The number of carbonyl (C=O) groups excluding carboxylic acids is 1. The fraction of sp³-hybridized carbons (Fsp3) is 0.458. The summed E-state index contributed by atoms with van der Waals surface area (Å²) in [5, 5.41) is 3.80. The molecule has 26 heavy (non-hydrogen) atoms. The van der Waals surface area contributed by atoms with Crippen molar-refractivity contribution < 1.29 is 4.79 Å². The van der Waals surface area contributed by atoms with Gasteiger partial charge in [-0.05, 0) is 17.5 Å². The van der Waals surface area contributed by atoms with Gasteiger partial charge in [0.05, 0.1) is 0 Å². The summed E-state index contributed by atoms with van der Waals surface area (Å²) >= 11 is 0. The van der Waals surface area contributed by atoms with Crippen molar-refractivity contribution in [3.8, 4) is 0 Å². The van der Waals surface area contributed by atoms with Crippen LogP contribution < -0.4 is 5.32 Å². The quantitative estimate of drug-likeness (QED) is 0.591. The van der Waals surface area contributed by atoms with Crippen LogP contribution >= 0.6 is 0 Å². The second kappa shape index (κ2) is 9.68. The number of rotatable bonds is 8. The summed E-state index contributed by atoms with van der Waals surface area (Å²) in [5.41, 5.74) is 2.45. The molecule has 0 aromatic heterocycles. The van der Waals surface area contributed by atoms with Crippen LogP contribution in [0.5, 0.6) is 0 Å². The van der Waals surface area contributed by atoms with Crippen molar-refractivity contribution in [3.05, 3.63) is 71.8 Å². The Balaban J connectivity index is 1.74. The maximum atomic E-state index is 13.0. The van der Waals surface area contributed by atoms with Gasteiger partial charge in [0, 0.05) is 24.4 Å². The molecule has 0 aliphatic carbocycles. The van der Waals surface area contributed by atoms with E-state index in [2.05, 4.69) is 60.8 Å². The van der Waals surface area contributed by atoms with Crippen molar-refractivity contribution in [2.24, 2.45) is 5.92 Å². The van der Waals surface area contributed by atoms with Gasteiger partial charge in [-0.15, -0.1) is 0 Å². The van der Waals surface area contributed by atoms with Gasteiger partial charge in [-0.3, -0.25) is 4.79 Å². The van der Waals surface area contributed by atoms with Crippen molar-refractivity contribution in [3.63, 3.8) is 0 Å². The Morgan fingerprint density at radius 3 is 2.12 bits per heavy atom. The standard InChI is InChI=1S/C24H31NO/c1-2-3-4-5-12-17-21-23(26)18-22(19-13-8-6-9-14-19)25-24(21)20-15-10-7-11-16-20/h6-11,13-16,21-22,24-25H,2-5,12,17-18H2,1H3/t21-,22-,24+/m1/s1. The predicted octanol–water partition coefficient (Wildman–Crippen LogP) is 6.01. The van der Waals surface area contributed by atoms with Crippen LogP contribution in [0.3, 0.4) is 0 Å². The average molecular weight is 350 g/mol. The Morgan fingerprint density at radius 1 is 0.846 bits per heavy atom. The molecule has 0 unspecified atom stereocenters. The third-order valence-electron chi connectivity index (χ3n) is 5.58. The molecule has 2 nitrogen and oxygen atoms in total. The second-order valence-electron chi connectivity index (χ2n) is 7.50. The second-order valence-corrected chi connectivity index (χ2v) is 7.50. The molecule has 0 amide bonds. The lowest BCUT2D eigenvalue weighted by Gasteiger charge is -2.37. The summed E-state index contributed by atoms with van der Waals surface area (Å²) < 4.78 is 0. The number of hydrogen-bond donors (Lipinski definition) is 1. The van der Waals surface area contributed by atoms with Crippen molar-refractivity contribution in [1.29, 1.82) is 0 Å². The predicted molar refractivity (Wildman–Crippen MR) is 108 cm³/mol. The highest BCUT2D eigenvalue weighted by atomic mass is 16.1. The molecule has 0 saturated carbocycles. The zero-order chi connectivity index (χ0) is 18.2. The molecule has 2 aromatic rings. The van der Waals surface area contributed by atoms with Gasteiger partial charge >= 0.3 is 0 Å². The molecule has 1 aliphatic rings. The number of Topliss-reactive ketones (excluding diaryl/α,β-unsaturated/α-hetero) is 1. The number of nitrogens with one attached hydrogen (secondary N) is 1. The van der Waals surface area contributed by atoms with E-state index in [0.717, 1.165) is 12.8 Å². The van der Waals surface area contributed by atoms with E-state index in [-0.39, 0.29) is 18.0 Å². The maximum Gasteiger partial charge on any atom is 0.139 e. The topological polar surface area (TPSA) is 29.1 Å². The van der Waals surface area contributed by atoms with Gasteiger partial charge in [-0.2, -0.15) is 0 Å². The number of piperidine rings is 1. The van der Waals surface area contributed by atoms with E-state index in [4.69, 9.17) is 0 Å². The summed E-state index contributed by atoms with van der Waals surface area (Å²) in [5.74, 6) is 0.515. The van der Waals surface area contributed by atoms with Crippen LogP contribution in [-0.4, -0.2) is 5.78 Å². The van der Waals surface area contributed by atoms with E-state index in [0.29, 0.717) is 12.2 Å². The van der Waals surface area contributed by atoms with E-state index in [9.17, 15) is 4.79 Å². The summed E-state index contributed by atoms with van der Waals surface area (Å²) in [6.07, 6.45) is 7.83. The zero-order valence-corrected chi connectivity index (χ0v) is 15.9. The Hall–Kier alpha value is -1.93. The van der Waals surface area contributed by atoms with Gasteiger partial charge in [-0.1, -0.05) is 99.7 Å². The SMILES string of the molecule is CCCCCCC[C@@H]1C(=O)C[C@H](c2ccccc2)N[C@H]1c1ccccc1. The first-order valence-corrected chi connectivity index (χ1v) is 10.2. The van der Waals surface area contributed by atoms with Crippen LogP contribution in [0.1, 0.15) is 75.1 Å². The lowest BCUT2D eigenvalue weighted by atomic mass is 9.78. The average Bonchev–Trinajstić information content (AvgIpc) is 2.70. The van der Waals surface area contributed by atoms with E-state index < -0.39 is 0 Å².